The van der Waals surface area contributed by atoms with Gasteiger partial charge in [-0.15, -0.1) is 0 Å². The highest BCUT2D eigenvalue weighted by Gasteiger charge is 2.16. The smallest absolute Gasteiger partial charge is 0.305 e. The van der Waals surface area contributed by atoms with E-state index >= 15 is 0 Å². The van der Waals surface area contributed by atoms with Gasteiger partial charge >= 0.3 is 11.9 Å². The van der Waals surface area contributed by atoms with Crippen molar-refractivity contribution in [3.8, 4) is 11.1 Å². The van der Waals surface area contributed by atoms with Gasteiger partial charge in [0.1, 0.15) is 0 Å². The molecule has 0 bridgehead atoms. The van der Waals surface area contributed by atoms with Gasteiger partial charge in [0.25, 0.3) is 17.7 Å². The van der Waals surface area contributed by atoms with Crippen LogP contribution in [0.1, 0.15) is 43.9 Å². The van der Waals surface area contributed by atoms with Gasteiger partial charge in [0.05, 0.1) is 224 Å². The Morgan fingerprint density at radius 1 is 0.282 bits per heavy atom. The van der Waals surface area contributed by atoms with E-state index in [0.717, 1.165) is 11.1 Å². The number of hydrogen-bond donors (Lipinski definition) is 5. The predicted molar refractivity (Wildman–Crippen MR) is 309 cm³/mol. The number of benzene rings is 3. The van der Waals surface area contributed by atoms with Crippen LogP contribution in [0.15, 0.2) is 72.8 Å². The van der Waals surface area contributed by atoms with E-state index in [1.807, 2.05) is 42.5 Å². The molecule has 26 nitrogen and oxygen atoms in total. The summed E-state index contributed by atoms with van der Waals surface area (Å²) < 4.78 is 87.2. The summed E-state index contributed by atoms with van der Waals surface area (Å²) in [6.07, 6.45) is -0.0574. The first-order chi connectivity index (χ1) is 41.7. The van der Waals surface area contributed by atoms with E-state index in [0.29, 0.717) is 191 Å². The molecule has 0 fully saturated rings. The fraction of sp³-hybridized carbons (Fsp3) is 0.610. The Kier molecular flexibility index (Phi) is 45.6. The zero-order valence-electron chi connectivity index (χ0n) is 48.9. The molecule has 3 amide bonds. The van der Waals surface area contributed by atoms with Crippen LogP contribution < -0.4 is 16.0 Å². The van der Waals surface area contributed by atoms with Crippen LogP contribution in [-0.4, -0.2) is 264 Å². The zero-order chi connectivity index (χ0) is 60.7. The first-order valence-corrected chi connectivity index (χ1v) is 28.6. The Balaban J connectivity index is 1.22. The second-order valence-corrected chi connectivity index (χ2v) is 17.8. The molecule has 0 radical (unpaired) electrons. The Bertz CT molecular complexity index is 2060. The number of ether oxygens (including phenoxy) is 16. The second kappa shape index (κ2) is 52.7. The number of carbonyl (C=O) groups excluding carboxylic acids is 3. The summed E-state index contributed by atoms with van der Waals surface area (Å²) in [4.78, 5) is 61.0. The van der Waals surface area contributed by atoms with Gasteiger partial charge in [-0.3, -0.25) is 24.0 Å². The van der Waals surface area contributed by atoms with Gasteiger partial charge in [0.15, 0.2) is 0 Å². The van der Waals surface area contributed by atoms with Crippen molar-refractivity contribution < 1.29 is 110 Å². The van der Waals surface area contributed by atoms with E-state index in [-0.39, 0.29) is 69.2 Å². The Hall–Kier alpha value is -5.63. The molecule has 0 atom stereocenters. The van der Waals surface area contributed by atoms with E-state index in [2.05, 4.69) is 16.0 Å². The van der Waals surface area contributed by atoms with Crippen molar-refractivity contribution >= 4 is 35.3 Å². The van der Waals surface area contributed by atoms with Gasteiger partial charge in [-0.05, 0) is 41.5 Å². The van der Waals surface area contributed by atoms with Crippen LogP contribution in [0.25, 0.3) is 11.1 Å². The topological polar surface area (TPSA) is 310 Å². The van der Waals surface area contributed by atoms with Crippen molar-refractivity contribution in [2.75, 3.05) is 230 Å². The maximum Gasteiger partial charge on any atom is 0.305 e. The van der Waals surface area contributed by atoms with Gasteiger partial charge in [-0.2, -0.15) is 0 Å². The molecule has 0 spiro atoms. The number of carboxylic acid groups (broad SMARTS) is 2. The fourth-order valence-electron chi connectivity index (χ4n) is 6.89. The Morgan fingerprint density at radius 2 is 0.541 bits per heavy atom. The maximum atomic E-state index is 13.4. The summed E-state index contributed by atoms with van der Waals surface area (Å²) in [6, 6.07) is 21.4. The van der Waals surface area contributed by atoms with Crippen LogP contribution in [0.3, 0.4) is 0 Å². The molecule has 3 aromatic carbocycles. The van der Waals surface area contributed by atoms with Crippen LogP contribution in [0.5, 0.6) is 0 Å². The lowest BCUT2D eigenvalue weighted by atomic mass is 10.0. The quantitative estimate of drug-likeness (QED) is 0.0507. The highest BCUT2D eigenvalue weighted by atomic mass is 16.6. The molecule has 0 heterocycles. The summed E-state index contributed by atoms with van der Waals surface area (Å²) in [5.74, 6) is -3.14. The summed E-state index contributed by atoms with van der Waals surface area (Å²) >= 11 is 0. The molecule has 0 aromatic heterocycles. The van der Waals surface area contributed by atoms with E-state index in [9.17, 15) is 24.0 Å². The van der Waals surface area contributed by atoms with Crippen molar-refractivity contribution in [1.29, 1.82) is 0 Å². The molecule has 0 aliphatic rings. The number of anilines is 1. The van der Waals surface area contributed by atoms with Crippen LogP contribution in [0, 0.1) is 0 Å². The lowest BCUT2D eigenvalue weighted by Gasteiger charge is -2.13. The number of carbonyl (C=O) groups is 5. The highest BCUT2D eigenvalue weighted by Crippen LogP contribution is 2.21. The number of carboxylic acids is 2. The molecule has 0 saturated carbocycles. The normalized spacial score (nSPS) is 11.2. The van der Waals surface area contributed by atoms with Crippen molar-refractivity contribution in [3.63, 3.8) is 0 Å². The minimum Gasteiger partial charge on any atom is -0.481 e. The molecular weight excluding hydrogens is 1120 g/mol. The summed E-state index contributed by atoms with van der Waals surface area (Å²) in [6.45, 7) is 11.9. The molecular formula is C59H89N3O23. The van der Waals surface area contributed by atoms with Crippen LogP contribution >= 0.6 is 0 Å². The van der Waals surface area contributed by atoms with Crippen molar-refractivity contribution in [2.24, 2.45) is 0 Å². The molecule has 3 rings (SSSR count). The molecule has 0 aliphatic heterocycles. The second-order valence-electron chi connectivity index (χ2n) is 17.8. The summed E-state index contributed by atoms with van der Waals surface area (Å²) in [5, 5.41) is 25.6. The predicted octanol–water partition coefficient (Wildman–Crippen LogP) is 3.28. The number of nitrogens with one attached hydrogen (secondary N) is 3. The largest absolute Gasteiger partial charge is 0.481 e. The molecule has 0 saturated heterocycles. The van der Waals surface area contributed by atoms with E-state index in [1.54, 1.807) is 12.1 Å². The van der Waals surface area contributed by atoms with Crippen LogP contribution in [0.2, 0.25) is 0 Å². The number of hydrogen-bond acceptors (Lipinski definition) is 21. The molecule has 0 aliphatic carbocycles. The highest BCUT2D eigenvalue weighted by molar-refractivity contribution is 6.07. The third kappa shape index (κ3) is 42.0. The number of amides is 3. The minimum absolute atomic E-state index is 0.0287. The molecule has 478 valence electrons. The molecule has 3 aromatic rings. The van der Waals surface area contributed by atoms with Gasteiger partial charge < -0.3 is 102 Å². The summed E-state index contributed by atoms with van der Waals surface area (Å²) in [7, 11) is 0. The lowest BCUT2D eigenvalue weighted by Crippen LogP contribution is -2.30. The third-order valence-corrected chi connectivity index (χ3v) is 11.2. The third-order valence-electron chi connectivity index (χ3n) is 11.2. The van der Waals surface area contributed by atoms with Gasteiger partial charge in [0.2, 0.25) is 0 Å². The minimum atomic E-state index is -0.895. The monoisotopic (exact) mass is 1210 g/mol. The Morgan fingerprint density at radius 3 is 0.824 bits per heavy atom. The zero-order valence-corrected chi connectivity index (χ0v) is 48.9. The standard InChI is InChI=1S/C59H89N3O23/c63-55(64)10-14-70-18-22-74-26-30-78-34-38-82-42-44-84-40-36-80-32-28-76-24-20-72-16-12-60-57(67)52-46-53(48-54(47-52)62-59(69)51-8-6-50(7-9-51)49-4-2-1-3-5-49)58(68)61-13-17-73-21-25-77-29-33-81-37-41-85-45-43-83-39-35-79-31-27-75-23-19-71-15-11-56(65)66/h1-9,46-48H,10-45H2,(H,60,67)(H,61,68)(H,62,69)(H,63,64)(H,65,66). The molecule has 5 N–H and O–H groups in total. The van der Waals surface area contributed by atoms with Gasteiger partial charge in [-0.1, -0.05) is 42.5 Å². The fourth-order valence-corrected chi connectivity index (χ4v) is 6.89. The average Bonchev–Trinajstić information content (AvgIpc) is 3.71. The Labute approximate surface area is 497 Å². The van der Waals surface area contributed by atoms with E-state index in [4.69, 9.17) is 86.0 Å². The number of rotatable bonds is 59. The van der Waals surface area contributed by atoms with Crippen molar-refractivity contribution in [1.82, 2.24) is 10.6 Å². The lowest BCUT2D eigenvalue weighted by molar-refractivity contribution is -0.139. The van der Waals surface area contributed by atoms with Crippen LogP contribution in [0.4, 0.5) is 5.69 Å². The van der Waals surface area contributed by atoms with E-state index in [1.165, 1.54) is 18.2 Å². The van der Waals surface area contributed by atoms with Crippen molar-refractivity contribution in [3.05, 3.63) is 89.5 Å². The SMILES string of the molecule is O=C(O)CCOCCOCCOCCOCCOCCOCCOCCOCCNC(=O)c1cc(NC(=O)c2ccc(-c3ccccc3)cc2)cc(C(=O)NCCOCCOCCOCCOCCOCCOCCOCCOCCC(=O)O)c1. The maximum absolute atomic E-state index is 13.4. The molecule has 26 heteroatoms. The van der Waals surface area contributed by atoms with E-state index < -0.39 is 29.7 Å². The average molecular weight is 1210 g/mol. The molecule has 0 unspecified atom stereocenters. The van der Waals surface area contributed by atoms with Crippen molar-refractivity contribution in [2.45, 2.75) is 12.8 Å². The number of aliphatic carboxylic acids is 2. The van der Waals surface area contributed by atoms with Gasteiger partial charge in [0, 0.05) is 35.5 Å². The first kappa shape index (κ1) is 73.6. The van der Waals surface area contributed by atoms with Crippen LogP contribution in [-0.2, 0) is 85.4 Å². The van der Waals surface area contributed by atoms with Gasteiger partial charge in [-0.25, -0.2) is 0 Å². The first-order valence-electron chi connectivity index (χ1n) is 28.6. The summed E-state index contributed by atoms with van der Waals surface area (Å²) in [5.41, 5.74) is 2.92. The molecule has 85 heavy (non-hydrogen) atoms.